The van der Waals surface area contributed by atoms with E-state index in [0.29, 0.717) is 23.8 Å². The fourth-order valence-electron chi connectivity index (χ4n) is 3.20. The van der Waals surface area contributed by atoms with Crippen molar-refractivity contribution < 1.29 is 23.2 Å². The van der Waals surface area contributed by atoms with E-state index in [4.69, 9.17) is 15.2 Å². The number of nitrogens with zero attached hydrogens (tertiary/aromatic N) is 3. The first kappa shape index (κ1) is 19.2. The molecule has 2 N–H and O–H groups in total. The monoisotopic (exact) mass is 398 g/mol. The van der Waals surface area contributed by atoms with Gasteiger partial charge < -0.3 is 24.6 Å². The van der Waals surface area contributed by atoms with Crippen molar-refractivity contribution in [3.8, 4) is 5.88 Å². The van der Waals surface area contributed by atoms with Crippen LogP contribution in [-0.2, 0) is 4.74 Å². The normalized spacial score (nSPS) is 21.9. The van der Waals surface area contributed by atoms with Gasteiger partial charge in [0.2, 0.25) is 0 Å². The minimum absolute atomic E-state index is 0. The summed E-state index contributed by atoms with van der Waals surface area (Å²) in [5, 5.41) is 3.62. The number of rotatable bonds is 5. The molecule has 1 aromatic heterocycles. The highest BCUT2D eigenvalue weighted by molar-refractivity contribution is 5.90. The summed E-state index contributed by atoms with van der Waals surface area (Å²) >= 11 is 0. The van der Waals surface area contributed by atoms with Crippen LogP contribution in [0.5, 0.6) is 5.88 Å². The molecule has 0 unspecified atom stereocenters. The number of halogens is 2. The number of hydrogen-bond donors (Lipinski definition) is 1. The van der Waals surface area contributed by atoms with Crippen molar-refractivity contribution >= 4 is 29.9 Å². The lowest BCUT2D eigenvalue weighted by atomic mass is 10.2. The van der Waals surface area contributed by atoms with Gasteiger partial charge in [0.1, 0.15) is 18.7 Å². The van der Waals surface area contributed by atoms with Crippen molar-refractivity contribution in [2.45, 2.75) is 18.6 Å². The van der Waals surface area contributed by atoms with Crippen LogP contribution in [0.25, 0.3) is 0 Å². The van der Waals surface area contributed by atoms with Gasteiger partial charge in [-0.25, -0.2) is 9.18 Å². The summed E-state index contributed by atoms with van der Waals surface area (Å²) in [6, 6.07) is 6.36. The van der Waals surface area contributed by atoms with E-state index in [1.165, 1.54) is 17.2 Å². The van der Waals surface area contributed by atoms with Crippen molar-refractivity contribution in [3.63, 3.8) is 0 Å². The molecule has 2 saturated heterocycles. The van der Waals surface area contributed by atoms with Gasteiger partial charge in [-0.15, -0.1) is 12.4 Å². The SMILES string of the molecule is Cl.N[C@H]1CCN(c2ccc(N3C[C@H](COc4ccon4)OC3=O)cc2F)C1. The van der Waals surface area contributed by atoms with E-state index in [2.05, 4.69) is 9.68 Å². The Labute approximate surface area is 161 Å². The molecule has 2 aromatic rings. The Hall–Kier alpha value is -2.52. The highest BCUT2D eigenvalue weighted by Crippen LogP contribution is 2.29. The molecule has 0 bridgehead atoms. The average Bonchev–Trinajstić information content (AvgIpc) is 3.34. The highest BCUT2D eigenvalue weighted by atomic mass is 35.5. The molecule has 2 aliphatic rings. The Balaban J connectivity index is 0.00000210. The van der Waals surface area contributed by atoms with Crippen LogP contribution in [0.2, 0.25) is 0 Å². The number of ether oxygens (including phenoxy) is 2. The molecular formula is C17H20ClFN4O4. The summed E-state index contributed by atoms with van der Waals surface area (Å²) in [5.74, 6) is -0.0644. The zero-order chi connectivity index (χ0) is 18.1. The van der Waals surface area contributed by atoms with Crippen molar-refractivity contribution in [1.82, 2.24) is 5.16 Å². The number of anilines is 2. The second kappa shape index (κ2) is 8.01. The molecular weight excluding hydrogens is 379 g/mol. The maximum atomic E-state index is 14.5. The van der Waals surface area contributed by atoms with Gasteiger partial charge in [0.25, 0.3) is 5.88 Å². The highest BCUT2D eigenvalue weighted by Gasteiger charge is 2.33. The fraction of sp³-hybridized carbons (Fsp3) is 0.412. The van der Waals surface area contributed by atoms with E-state index >= 15 is 0 Å². The first-order valence-corrected chi connectivity index (χ1v) is 8.41. The maximum absolute atomic E-state index is 14.5. The molecule has 146 valence electrons. The Bertz CT molecular complexity index is 791. The number of benzene rings is 1. The first-order valence-electron chi connectivity index (χ1n) is 8.41. The Morgan fingerprint density at radius 3 is 2.85 bits per heavy atom. The number of carbonyl (C=O) groups excluding carboxylic acids is 1. The van der Waals surface area contributed by atoms with E-state index in [0.717, 1.165) is 13.0 Å². The minimum atomic E-state index is -0.533. The molecule has 8 nitrogen and oxygen atoms in total. The Kier molecular flexibility index (Phi) is 5.71. The molecule has 3 heterocycles. The van der Waals surface area contributed by atoms with E-state index in [1.807, 2.05) is 4.90 Å². The number of amides is 1. The largest absolute Gasteiger partial charge is 0.471 e. The third-order valence-corrected chi connectivity index (χ3v) is 4.51. The van der Waals surface area contributed by atoms with Crippen molar-refractivity contribution in [2.24, 2.45) is 5.73 Å². The van der Waals surface area contributed by atoms with Crippen LogP contribution in [-0.4, -0.2) is 49.6 Å². The number of hydrogen-bond acceptors (Lipinski definition) is 7. The molecule has 2 atom stereocenters. The van der Waals surface area contributed by atoms with Crippen molar-refractivity contribution in [1.29, 1.82) is 0 Å². The maximum Gasteiger partial charge on any atom is 0.414 e. The van der Waals surface area contributed by atoms with Crippen LogP contribution in [0.1, 0.15) is 6.42 Å². The van der Waals surface area contributed by atoms with Crippen LogP contribution in [0, 0.1) is 5.82 Å². The summed E-state index contributed by atoms with van der Waals surface area (Å²) < 4.78 is 29.9. The molecule has 2 fully saturated rings. The van der Waals surface area contributed by atoms with Gasteiger partial charge in [0.15, 0.2) is 6.10 Å². The number of aromatic nitrogens is 1. The second-order valence-corrected chi connectivity index (χ2v) is 6.40. The van der Waals surface area contributed by atoms with Crippen LogP contribution < -0.4 is 20.3 Å². The fourth-order valence-corrected chi connectivity index (χ4v) is 3.20. The lowest BCUT2D eigenvalue weighted by molar-refractivity contribution is 0.102. The Morgan fingerprint density at radius 2 is 2.19 bits per heavy atom. The van der Waals surface area contributed by atoms with Crippen LogP contribution in [0.15, 0.2) is 35.1 Å². The molecule has 10 heteroatoms. The van der Waals surface area contributed by atoms with Gasteiger partial charge in [-0.3, -0.25) is 4.90 Å². The van der Waals surface area contributed by atoms with Gasteiger partial charge in [-0.05, 0) is 29.8 Å². The zero-order valence-corrected chi connectivity index (χ0v) is 15.2. The van der Waals surface area contributed by atoms with Gasteiger partial charge >= 0.3 is 6.09 Å². The molecule has 0 saturated carbocycles. The van der Waals surface area contributed by atoms with Crippen molar-refractivity contribution in [3.05, 3.63) is 36.3 Å². The molecule has 0 aliphatic carbocycles. The quantitative estimate of drug-likeness (QED) is 0.824. The smallest absolute Gasteiger partial charge is 0.414 e. The van der Waals surface area contributed by atoms with Crippen LogP contribution in [0.4, 0.5) is 20.6 Å². The molecule has 4 rings (SSSR count). The minimum Gasteiger partial charge on any atom is -0.471 e. The third kappa shape index (κ3) is 4.09. The Morgan fingerprint density at radius 1 is 1.33 bits per heavy atom. The van der Waals surface area contributed by atoms with Gasteiger partial charge in [0.05, 0.1) is 17.9 Å². The summed E-state index contributed by atoms with van der Waals surface area (Å²) in [6.45, 7) is 1.76. The van der Waals surface area contributed by atoms with E-state index in [-0.39, 0.29) is 37.4 Å². The summed E-state index contributed by atoms with van der Waals surface area (Å²) in [6.07, 6.45) is 1.22. The average molecular weight is 399 g/mol. The van der Waals surface area contributed by atoms with Gasteiger partial charge in [-0.2, -0.15) is 0 Å². The molecule has 27 heavy (non-hydrogen) atoms. The lowest BCUT2D eigenvalue weighted by Gasteiger charge is -2.20. The second-order valence-electron chi connectivity index (χ2n) is 6.40. The molecule has 0 radical (unpaired) electrons. The number of cyclic esters (lactones) is 1. The molecule has 0 spiro atoms. The number of nitrogens with two attached hydrogens (primary N) is 1. The lowest BCUT2D eigenvalue weighted by Crippen LogP contribution is -2.28. The number of carbonyl (C=O) groups is 1. The van der Waals surface area contributed by atoms with E-state index in [9.17, 15) is 9.18 Å². The summed E-state index contributed by atoms with van der Waals surface area (Å²) in [5.41, 5.74) is 6.83. The van der Waals surface area contributed by atoms with E-state index in [1.54, 1.807) is 18.2 Å². The predicted octanol–water partition coefficient (Wildman–Crippen LogP) is 2.18. The zero-order valence-electron chi connectivity index (χ0n) is 14.4. The van der Waals surface area contributed by atoms with Crippen LogP contribution >= 0.6 is 12.4 Å². The summed E-state index contributed by atoms with van der Waals surface area (Å²) in [7, 11) is 0. The molecule has 2 aliphatic heterocycles. The standard InChI is InChI=1S/C17H19FN4O4.ClH/c18-14-7-12(1-2-15(14)21-5-3-11(19)8-21)22-9-13(26-17(22)23)10-24-16-4-6-25-20-16;/h1-2,4,6-7,11,13H,3,5,8-10,19H2;1H/t11-,13+;/m0./s1. The topological polar surface area (TPSA) is 94.1 Å². The van der Waals surface area contributed by atoms with E-state index < -0.39 is 12.2 Å². The van der Waals surface area contributed by atoms with Crippen LogP contribution in [0.3, 0.4) is 0 Å². The molecule has 1 aromatic carbocycles. The predicted molar refractivity (Wildman–Crippen MR) is 98.1 cm³/mol. The van der Waals surface area contributed by atoms with Gasteiger partial charge in [0, 0.05) is 25.2 Å². The first-order chi connectivity index (χ1) is 12.6. The van der Waals surface area contributed by atoms with Crippen molar-refractivity contribution in [2.75, 3.05) is 36.0 Å². The summed E-state index contributed by atoms with van der Waals surface area (Å²) in [4.78, 5) is 15.4. The molecule has 1 amide bonds. The third-order valence-electron chi connectivity index (χ3n) is 4.51. The van der Waals surface area contributed by atoms with Gasteiger partial charge in [-0.1, -0.05) is 0 Å².